The van der Waals surface area contributed by atoms with E-state index < -0.39 is 36.3 Å². The zero-order valence-corrected chi connectivity index (χ0v) is 36.3. The molecule has 1 fully saturated rings. The molecule has 1 spiro atoms. The lowest BCUT2D eigenvalue weighted by Gasteiger charge is -2.45. The van der Waals surface area contributed by atoms with Gasteiger partial charge in [0.1, 0.15) is 5.75 Å². The molecule has 0 radical (unpaired) electrons. The first-order valence-corrected chi connectivity index (χ1v) is 24.7. The topological polar surface area (TPSA) is 105 Å². The van der Waals surface area contributed by atoms with Crippen molar-refractivity contribution in [3.05, 3.63) is 131 Å². The third-order valence-corrected chi connectivity index (χ3v) is 19.8. The number of sulfonamides is 1. The molecule has 4 aliphatic rings. The van der Waals surface area contributed by atoms with Crippen LogP contribution in [0.1, 0.15) is 74.4 Å². The van der Waals surface area contributed by atoms with E-state index in [1.165, 1.54) is 11.1 Å². The van der Waals surface area contributed by atoms with Crippen LogP contribution in [-0.4, -0.2) is 65.9 Å². The molecule has 5 atom stereocenters. The van der Waals surface area contributed by atoms with Gasteiger partial charge in [0.25, 0.3) is 14.2 Å². The van der Waals surface area contributed by atoms with Gasteiger partial charge in [0.15, 0.2) is 0 Å². The van der Waals surface area contributed by atoms with Gasteiger partial charge in [0.2, 0.25) is 10.0 Å². The van der Waals surface area contributed by atoms with Crippen molar-refractivity contribution in [1.29, 1.82) is 0 Å². The summed E-state index contributed by atoms with van der Waals surface area (Å²) in [4.78, 5) is 16.3. The van der Waals surface area contributed by atoms with Gasteiger partial charge in [0, 0.05) is 41.6 Å². The highest BCUT2D eigenvalue weighted by Crippen LogP contribution is 2.47. The van der Waals surface area contributed by atoms with Crippen LogP contribution >= 0.6 is 11.6 Å². The number of nitrogens with one attached hydrogen (secondary N) is 1. The first-order valence-electron chi connectivity index (χ1n) is 20.7. The fourth-order valence-corrected chi connectivity index (χ4v) is 16.3. The fourth-order valence-electron chi connectivity index (χ4n) is 10.1. The van der Waals surface area contributed by atoms with E-state index in [0.717, 1.165) is 53.2 Å². The molecule has 0 aromatic heterocycles. The number of nitrogens with zero attached hydrogens (tertiary/aromatic N) is 1. The zero-order valence-electron chi connectivity index (χ0n) is 33.7. The minimum atomic E-state index is -4.13. The highest BCUT2D eigenvalue weighted by Gasteiger charge is 2.51. The van der Waals surface area contributed by atoms with Crippen LogP contribution in [-0.2, 0) is 26.3 Å². The molecule has 8 nitrogen and oxygen atoms in total. The Morgan fingerprint density at radius 3 is 2.38 bits per heavy atom. The van der Waals surface area contributed by atoms with Crippen molar-refractivity contribution in [3.63, 3.8) is 0 Å². The Balaban J connectivity index is 1.12. The molecule has 1 amide bonds. The van der Waals surface area contributed by atoms with E-state index in [1.807, 2.05) is 54.6 Å². The number of allylic oxidation sites excluding steroid dienone is 1. The Hall–Kier alpha value is -3.93. The first-order chi connectivity index (χ1) is 27.8. The maximum absolute atomic E-state index is 14.0. The van der Waals surface area contributed by atoms with E-state index >= 15 is 0 Å². The summed E-state index contributed by atoms with van der Waals surface area (Å²) in [5, 5.41) is 14.3. The van der Waals surface area contributed by atoms with Crippen molar-refractivity contribution in [3.8, 4) is 5.75 Å². The predicted molar refractivity (Wildman–Crippen MR) is 235 cm³/mol. The minimum Gasteiger partial charge on any atom is -0.490 e. The van der Waals surface area contributed by atoms with Crippen LogP contribution in [0.2, 0.25) is 10.1 Å². The van der Waals surface area contributed by atoms with Crippen molar-refractivity contribution in [1.82, 2.24) is 4.72 Å². The third kappa shape index (κ3) is 8.03. The summed E-state index contributed by atoms with van der Waals surface area (Å²) in [6, 6.07) is 31.9. The fraction of sp³-hybridized carbons (Fsp3) is 0.426. The quantitative estimate of drug-likeness (QED) is 0.159. The monoisotopic (exact) mass is 838 g/mol. The number of aliphatic hydroxyl groups is 1. The molecule has 0 unspecified atom stereocenters. The molecule has 8 rings (SSSR count). The normalized spacial score (nSPS) is 26.6. The summed E-state index contributed by atoms with van der Waals surface area (Å²) >= 11 is 6.46. The number of hydrogen-bond donors (Lipinski definition) is 2. The van der Waals surface area contributed by atoms with Crippen molar-refractivity contribution in [2.24, 2.45) is 17.8 Å². The molecule has 1 saturated carbocycles. The molecule has 58 heavy (non-hydrogen) atoms. The number of anilines is 1. The lowest BCUT2D eigenvalue weighted by Crippen LogP contribution is -2.67. The van der Waals surface area contributed by atoms with Gasteiger partial charge in [-0.05, 0) is 107 Å². The van der Waals surface area contributed by atoms with Gasteiger partial charge < -0.3 is 19.2 Å². The molecular formula is C47H55ClN2O6SSi. The number of aliphatic hydroxyl groups excluding tert-OH is 1. The second-order valence-electron chi connectivity index (χ2n) is 18.0. The molecule has 2 bridgehead atoms. The number of carbonyl (C=O) groups excluding carboxylic acids is 1. The number of carbonyl (C=O) groups is 1. The minimum absolute atomic E-state index is 0.0483. The summed E-state index contributed by atoms with van der Waals surface area (Å²) in [5.41, 5.74) is 3.20. The summed E-state index contributed by atoms with van der Waals surface area (Å²) in [5.74, 6) is -0.569. The second-order valence-corrected chi connectivity index (χ2v) is 24.5. The lowest BCUT2D eigenvalue weighted by molar-refractivity contribution is 0.0455. The molecular weight excluding hydrogens is 784 g/mol. The number of benzene rings is 4. The lowest BCUT2D eigenvalue weighted by atomic mass is 9.68. The molecule has 4 aromatic carbocycles. The maximum atomic E-state index is 14.0. The van der Waals surface area contributed by atoms with Crippen LogP contribution in [0.25, 0.3) is 0 Å². The Bertz CT molecular complexity index is 2230. The van der Waals surface area contributed by atoms with Crippen LogP contribution in [0.15, 0.2) is 109 Å². The van der Waals surface area contributed by atoms with Crippen LogP contribution < -0.4 is 24.7 Å². The maximum Gasteiger partial charge on any atom is 0.264 e. The Morgan fingerprint density at radius 1 is 0.983 bits per heavy atom. The second kappa shape index (κ2) is 16.3. The van der Waals surface area contributed by atoms with Crippen molar-refractivity contribution >= 4 is 51.9 Å². The molecule has 2 aliphatic heterocycles. The molecule has 0 saturated heterocycles. The number of amides is 1. The van der Waals surface area contributed by atoms with Gasteiger partial charge in [-0.3, -0.25) is 4.79 Å². The molecule has 2 N–H and O–H groups in total. The van der Waals surface area contributed by atoms with Gasteiger partial charge >= 0.3 is 0 Å². The summed E-state index contributed by atoms with van der Waals surface area (Å²) < 4.78 is 44.3. The van der Waals surface area contributed by atoms with E-state index in [-0.39, 0.29) is 40.2 Å². The summed E-state index contributed by atoms with van der Waals surface area (Å²) in [6.07, 6.45) is 8.23. The number of fused-ring (bicyclic) bond motifs is 4. The van der Waals surface area contributed by atoms with E-state index in [2.05, 4.69) is 66.8 Å². The summed E-state index contributed by atoms with van der Waals surface area (Å²) in [7, 11) is -7.11. The highest BCUT2D eigenvalue weighted by atomic mass is 35.5. The molecule has 306 valence electrons. The van der Waals surface area contributed by atoms with E-state index in [4.69, 9.17) is 20.8 Å². The predicted octanol–water partition coefficient (Wildman–Crippen LogP) is 7.41. The Kier molecular flexibility index (Phi) is 11.4. The number of hydrogen-bond acceptors (Lipinski definition) is 7. The number of aryl methyl sites for hydroxylation is 1. The van der Waals surface area contributed by atoms with Crippen LogP contribution in [0, 0.1) is 17.8 Å². The standard InChI is InChI=1S/C47H55ClN2O6SSi/c1-46(2,3)58(38-14-6-4-7-15-38,39-16-8-5-9-17-39)56-29-33-12-10-18-43(51)40-22-19-36(40)28-50-31-47(25-11-13-34-26-37(48)21-23-41(34)47)32-55-44-24-20-35(27-42(44)50)45(52)49-57(53,54)30-33/h4-10,14-18,20-21,23-24,26-27,33,36,40,43,51H,11-13,19,22,25,28-32H2,1-3H3,(H,49,52)/b18-10-/t33-,36-,40+,43+,47-/m0/s1. The molecule has 2 heterocycles. The zero-order chi connectivity index (χ0) is 40.7. The van der Waals surface area contributed by atoms with Gasteiger partial charge in [-0.2, -0.15) is 0 Å². The van der Waals surface area contributed by atoms with E-state index in [9.17, 15) is 18.3 Å². The molecule has 11 heteroatoms. The smallest absolute Gasteiger partial charge is 0.264 e. The van der Waals surface area contributed by atoms with Crippen LogP contribution in [0.5, 0.6) is 5.75 Å². The molecule has 2 aliphatic carbocycles. The average molecular weight is 840 g/mol. The van der Waals surface area contributed by atoms with Gasteiger partial charge in [-0.1, -0.05) is 111 Å². The largest absolute Gasteiger partial charge is 0.490 e. The number of rotatable bonds is 5. The van der Waals surface area contributed by atoms with Crippen molar-refractivity contribution in [2.75, 3.05) is 37.0 Å². The number of ether oxygens (including phenoxy) is 1. The van der Waals surface area contributed by atoms with E-state index in [0.29, 0.717) is 31.9 Å². The summed E-state index contributed by atoms with van der Waals surface area (Å²) in [6.45, 7) is 8.54. The van der Waals surface area contributed by atoms with Crippen molar-refractivity contribution in [2.45, 2.75) is 75.9 Å². The SMILES string of the molecule is CC(C)(C)[Si](OC[C@@H]1C/C=C\[C@@H](O)[C@@H]2CC[C@H]2CN2C[C@@]3(CCCc4cc(Cl)ccc43)COc3ccc(cc32)C(=O)NS(=O)(=O)C1)(c1ccccc1)c1ccccc1. The van der Waals surface area contributed by atoms with Gasteiger partial charge in [0.05, 0.1) is 24.2 Å². The Labute approximate surface area is 349 Å². The third-order valence-electron chi connectivity index (χ3n) is 13.1. The van der Waals surface area contributed by atoms with Crippen LogP contribution in [0.4, 0.5) is 5.69 Å². The molecule has 4 aromatic rings. The van der Waals surface area contributed by atoms with E-state index in [1.54, 1.807) is 18.2 Å². The number of halogens is 1. The van der Waals surface area contributed by atoms with Crippen LogP contribution in [0.3, 0.4) is 0 Å². The van der Waals surface area contributed by atoms with Gasteiger partial charge in [-0.15, -0.1) is 0 Å². The van der Waals surface area contributed by atoms with Gasteiger partial charge in [-0.25, -0.2) is 13.1 Å². The average Bonchev–Trinajstić information content (AvgIpc) is 3.32. The highest BCUT2D eigenvalue weighted by molar-refractivity contribution is 7.90. The van der Waals surface area contributed by atoms with Crippen molar-refractivity contribution < 1.29 is 27.5 Å². The first kappa shape index (κ1) is 40.8. The Morgan fingerprint density at radius 2 is 1.71 bits per heavy atom.